The number of primary amides is 1. The van der Waals surface area contributed by atoms with Crippen molar-refractivity contribution in [1.82, 2.24) is 0 Å². The average Bonchev–Trinajstić information content (AvgIpc) is 2.56. The Morgan fingerprint density at radius 1 is 1.00 bits per heavy atom. The second-order valence-corrected chi connectivity index (χ2v) is 5.29. The van der Waals surface area contributed by atoms with Crippen molar-refractivity contribution < 1.29 is 30.3 Å². The zero-order valence-electron chi connectivity index (χ0n) is 13.9. The third-order valence-corrected chi connectivity index (χ3v) is 3.33. The van der Waals surface area contributed by atoms with Crippen molar-refractivity contribution >= 4 is 5.91 Å². The number of hydrogen-bond acceptors (Lipinski definition) is 1. The van der Waals surface area contributed by atoms with Crippen molar-refractivity contribution in [1.29, 1.82) is 0 Å². The van der Waals surface area contributed by atoms with Gasteiger partial charge in [-0.3, -0.25) is 4.79 Å². The molecule has 0 atom stereocenters. The Balaban J connectivity index is 0.000000436. The van der Waals surface area contributed by atoms with Crippen LogP contribution in [0.3, 0.4) is 0 Å². The third kappa shape index (κ3) is 8.95. The molecule has 24 heavy (non-hydrogen) atoms. The first-order valence-corrected chi connectivity index (χ1v) is 7.84. The summed E-state index contributed by atoms with van der Waals surface area (Å²) in [7, 11) is 0. The molecule has 0 aliphatic heterocycles. The molecule has 0 aromatic heterocycles. The second kappa shape index (κ2) is 12.9. The number of nitrogens with two attached hydrogens (primary N) is 1. The molecule has 2 rings (SSSR count). The Morgan fingerprint density at radius 3 is 1.96 bits per heavy atom. The molecule has 2 aromatic rings. The van der Waals surface area contributed by atoms with E-state index in [9.17, 15) is 9.18 Å². The Labute approximate surface area is 157 Å². The molecule has 1 amide bonds. The van der Waals surface area contributed by atoms with E-state index in [-0.39, 0.29) is 26.9 Å². The molecule has 0 aliphatic carbocycles. The number of benzene rings is 2. The van der Waals surface area contributed by atoms with Gasteiger partial charge in [-0.1, -0.05) is 44.0 Å². The number of halogens is 1. The van der Waals surface area contributed by atoms with Crippen molar-refractivity contribution in [2.75, 3.05) is 6.54 Å². The van der Waals surface area contributed by atoms with Crippen LogP contribution in [0.4, 0.5) is 4.39 Å². The largest absolute Gasteiger partial charge is 0.677 e. The molecular weight excluding hydrogens is 475 g/mol. The second-order valence-electron chi connectivity index (χ2n) is 5.29. The summed E-state index contributed by atoms with van der Waals surface area (Å²) in [5.41, 5.74) is 15.0. The zero-order valence-corrected chi connectivity index (χ0v) is 16.9. The van der Waals surface area contributed by atoms with Gasteiger partial charge < -0.3 is 11.5 Å². The van der Waals surface area contributed by atoms with Gasteiger partial charge in [-0.05, 0) is 48.2 Å². The molecule has 5 heteroatoms. The van der Waals surface area contributed by atoms with E-state index in [0.717, 1.165) is 31.2 Å². The Kier molecular flexibility index (Phi) is 12.0. The summed E-state index contributed by atoms with van der Waals surface area (Å²) in [5, 5.41) is 0. The normalized spacial score (nSPS) is 9.46. The number of carbonyl (C=O) groups excluding carboxylic acids is 1. The molecule has 2 aromatic carbocycles. The summed E-state index contributed by atoms with van der Waals surface area (Å²) in [6.07, 6.45) is 3.91. The van der Waals surface area contributed by atoms with E-state index < -0.39 is 5.91 Å². The van der Waals surface area contributed by atoms with Crippen LogP contribution in [-0.2, 0) is 33.9 Å². The monoisotopic (exact) mass is 499 g/mol. The zero-order chi connectivity index (χ0) is 17.1. The molecule has 3 nitrogen and oxygen atoms in total. The minimum absolute atomic E-state index is 0. The van der Waals surface area contributed by atoms with E-state index in [1.54, 1.807) is 12.1 Å². The molecule has 0 bridgehead atoms. The average molecular weight is 499 g/mol. The summed E-state index contributed by atoms with van der Waals surface area (Å²) in [4.78, 5) is 10.7. The van der Waals surface area contributed by atoms with Crippen LogP contribution in [0.5, 0.6) is 0 Å². The van der Waals surface area contributed by atoms with E-state index in [1.807, 2.05) is 24.3 Å². The molecule has 3 N–H and O–H groups in total. The van der Waals surface area contributed by atoms with Gasteiger partial charge in [0.25, 0.3) is 0 Å². The number of nitrogens with one attached hydrogen (secondary N) is 1. The maximum atomic E-state index is 12.3. The van der Waals surface area contributed by atoms with Gasteiger partial charge in [-0.25, -0.2) is 4.39 Å². The predicted molar refractivity (Wildman–Crippen MR) is 92.9 cm³/mol. The maximum Gasteiger partial charge on any atom is 0.248 e. The fourth-order valence-corrected chi connectivity index (χ4v) is 2.07. The van der Waals surface area contributed by atoms with Gasteiger partial charge in [-0.2, -0.15) is 6.54 Å². The van der Waals surface area contributed by atoms with Crippen molar-refractivity contribution in [3.8, 4) is 0 Å². The van der Waals surface area contributed by atoms with E-state index in [1.165, 1.54) is 17.7 Å². The molecule has 0 radical (unpaired) electrons. The van der Waals surface area contributed by atoms with Gasteiger partial charge in [0.1, 0.15) is 5.82 Å². The summed E-state index contributed by atoms with van der Waals surface area (Å²) in [5.74, 6) is -0.549. The summed E-state index contributed by atoms with van der Waals surface area (Å²) >= 11 is 0. The first-order chi connectivity index (χ1) is 11.1. The van der Waals surface area contributed by atoms with E-state index >= 15 is 0 Å². The van der Waals surface area contributed by atoms with Gasteiger partial charge in [0.2, 0.25) is 5.91 Å². The number of aryl methyl sites for hydroxylation is 2. The molecule has 0 unspecified atom stereocenters. The predicted octanol–water partition coefficient (Wildman–Crippen LogP) is 4.55. The van der Waals surface area contributed by atoms with Crippen LogP contribution in [0.1, 0.15) is 41.3 Å². The summed E-state index contributed by atoms with van der Waals surface area (Å²) < 4.78 is 12.3. The summed E-state index contributed by atoms with van der Waals surface area (Å²) in [6.45, 7) is 2.56. The molecule has 0 spiro atoms. The number of rotatable bonds is 6. The van der Waals surface area contributed by atoms with E-state index in [2.05, 4.69) is 6.92 Å². The van der Waals surface area contributed by atoms with Crippen LogP contribution in [0, 0.1) is 5.82 Å². The van der Waals surface area contributed by atoms with Crippen molar-refractivity contribution in [2.24, 2.45) is 5.73 Å². The minimum atomic E-state index is -0.396. The minimum Gasteiger partial charge on any atom is -0.677 e. The molecule has 0 aliphatic rings. The first kappa shape index (κ1) is 22.5. The molecule has 0 fully saturated rings. The molecule has 0 saturated heterocycles. The fourth-order valence-electron chi connectivity index (χ4n) is 2.07. The number of amides is 1. The van der Waals surface area contributed by atoms with Crippen LogP contribution in [-0.4, -0.2) is 12.5 Å². The van der Waals surface area contributed by atoms with Crippen LogP contribution in [0.25, 0.3) is 5.73 Å². The van der Waals surface area contributed by atoms with Crippen molar-refractivity contribution in [2.45, 2.75) is 32.6 Å². The smallest absolute Gasteiger partial charge is 0.248 e. The van der Waals surface area contributed by atoms with Gasteiger partial charge in [0, 0.05) is 26.6 Å². The van der Waals surface area contributed by atoms with E-state index in [4.69, 9.17) is 11.5 Å². The van der Waals surface area contributed by atoms with Crippen molar-refractivity contribution in [3.05, 3.63) is 76.8 Å². The molecule has 0 saturated carbocycles. The van der Waals surface area contributed by atoms with Gasteiger partial charge in [0.05, 0.1) is 0 Å². The molecule has 130 valence electrons. The third-order valence-electron chi connectivity index (χ3n) is 3.33. The SMILES string of the molecule is CCCc1ccc(F)cc1.[NH-]CCCc1ccc(C(N)=O)cc1.[W]. The quantitative estimate of drug-likeness (QED) is 0.623. The fraction of sp³-hybridized carbons (Fsp3) is 0.316. The van der Waals surface area contributed by atoms with Crippen LogP contribution < -0.4 is 5.73 Å². The van der Waals surface area contributed by atoms with Crippen LogP contribution in [0.15, 0.2) is 48.5 Å². The van der Waals surface area contributed by atoms with Crippen LogP contribution >= 0.6 is 0 Å². The van der Waals surface area contributed by atoms with Gasteiger partial charge in [-0.15, -0.1) is 0 Å². The maximum absolute atomic E-state index is 12.3. The number of hydrogen-bond donors (Lipinski definition) is 1. The molecule has 0 heterocycles. The molecular formula is C19H24FN2OW-. The van der Waals surface area contributed by atoms with E-state index in [0.29, 0.717) is 12.1 Å². The van der Waals surface area contributed by atoms with Gasteiger partial charge in [0.15, 0.2) is 0 Å². The Hall–Kier alpha value is -1.51. The van der Waals surface area contributed by atoms with Crippen LogP contribution in [0.2, 0.25) is 0 Å². The van der Waals surface area contributed by atoms with Crippen molar-refractivity contribution in [3.63, 3.8) is 0 Å². The Morgan fingerprint density at radius 2 is 1.50 bits per heavy atom. The standard InChI is InChI=1S/C10H13N2O.C9H11F.W/c11-7-1-2-8-3-5-9(6-4-8)10(12)13;1-2-3-8-4-6-9(10)7-5-8;/h3-6,11H,1-2,7H2,(H2,12,13);4-7H,2-3H2,1H3;/q-1;;. The first-order valence-electron chi connectivity index (χ1n) is 7.84. The number of carbonyl (C=O) groups is 1. The van der Waals surface area contributed by atoms with Gasteiger partial charge >= 0.3 is 0 Å². The Bertz CT molecular complexity index is 585. The summed E-state index contributed by atoms with van der Waals surface area (Å²) in [6, 6.07) is 13.9. The topological polar surface area (TPSA) is 66.9 Å².